The van der Waals surface area contributed by atoms with Crippen molar-refractivity contribution in [3.8, 4) is 5.75 Å². The molecule has 1 atom stereocenters. The van der Waals surface area contributed by atoms with Gasteiger partial charge in [-0.25, -0.2) is 0 Å². The van der Waals surface area contributed by atoms with Crippen molar-refractivity contribution in [1.29, 1.82) is 0 Å². The number of benzene rings is 1. The second-order valence-corrected chi connectivity index (χ2v) is 12.9. The van der Waals surface area contributed by atoms with E-state index >= 15 is 0 Å². The van der Waals surface area contributed by atoms with Crippen LogP contribution in [0.4, 0.5) is 16.1 Å². The average molecular weight is 581 g/mol. The molecule has 1 saturated carbocycles. The number of nitrogens with zero attached hydrogens (tertiary/aromatic N) is 6. The summed E-state index contributed by atoms with van der Waals surface area (Å²) in [6.45, 7) is 4.75. The van der Waals surface area contributed by atoms with Crippen LogP contribution < -0.4 is 20.3 Å². The smallest absolute Gasteiger partial charge is 0.236 e. The van der Waals surface area contributed by atoms with Crippen molar-refractivity contribution in [2.24, 2.45) is 0 Å². The van der Waals surface area contributed by atoms with Crippen LogP contribution in [0.3, 0.4) is 0 Å². The van der Waals surface area contributed by atoms with Crippen LogP contribution in [0.5, 0.6) is 5.75 Å². The number of likely N-dealkylation sites (tertiary alicyclic amines) is 1. The lowest BCUT2D eigenvalue weighted by Crippen LogP contribution is -2.35. The van der Waals surface area contributed by atoms with Gasteiger partial charge in [-0.3, -0.25) is 15.0 Å². The number of hydrogen-bond donors (Lipinski definition) is 2. The van der Waals surface area contributed by atoms with Gasteiger partial charge in [0.1, 0.15) is 5.75 Å². The summed E-state index contributed by atoms with van der Waals surface area (Å²) in [7, 11) is 0. The van der Waals surface area contributed by atoms with Crippen molar-refractivity contribution < 1.29 is 9.53 Å². The van der Waals surface area contributed by atoms with Crippen LogP contribution in [0.1, 0.15) is 44.1 Å². The Hall–Kier alpha value is -2.96. The van der Waals surface area contributed by atoms with E-state index < -0.39 is 0 Å². The molecule has 1 aliphatic carbocycles. The molecule has 12 heteroatoms. The molecule has 40 heavy (non-hydrogen) atoms. The minimum Gasteiger partial charge on any atom is -0.490 e. The first kappa shape index (κ1) is 27.2. The lowest BCUT2D eigenvalue weighted by Gasteiger charge is -2.33. The van der Waals surface area contributed by atoms with Gasteiger partial charge in [0.25, 0.3) is 0 Å². The summed E-state index contributed by atoms with van der Waals surface area (Å²) in [5.74, 6) is 2.34. The predicted octanol–water partition coefficient (Wildman–Crippen LogP) is 4.29. The molecule has 1 aromatic carbocycles. The number of anilines is 3. The van der Waals surface area contributed by atoms with Gasteiger partial charge in [-0.05, 0) is 69.8 Å². The highest BCUT2D eigenvalue weighted by Crippen LogP contribution is 2.30. The lowest BCUT2D eigenvalue weighted by atomic mass is 9.96. The van der Waals surface area contributed by atoms with Crippen molar-refractivity contribution in [1.82, 2.24) is 25.3 Å². The van der Waals surface area contributed by atoms with Gasteiger partial charge in [-0.15, -0.1) is 27.1 Å². The SMILES string of the molecule is O=C(CSC1CCN(Cc2ccccc2OC2CCC2)CC1)Nc1nnc(N[C@@H]2CCN(c3cccnn3)C2)s1. The Morgan fingerprint density at radius 2 is 1.85 bits per heavy atom. The van der Waals surface area contributed by atoms with E-state index in [0.29, 0.717) is 22.2 Å². The molecule has 212 valence electrons. The Morgan fingerprint density at radius 3 is 2.65 bits per heavy atom. The predicted molar refractivity (Wildman–Crippen MR) is 160 cm³/mol. The van der Waals surface area contributed by atoms with E-state index in [2.05, 4.69) is 65.1 Å². The van der Waals surface area contributed by atoms with Gasteiger partial charge in [0.2, 0.25) is 16.2 Å². The Morgan fingerprint density at radius 1 is 1.00 bits per heavy atom. The largest absolute Gasteiger partial charge is 0.490 e. The number of rotatable bonds is 11. The molecule has 2 N–H and O–H groups in total. The number of amides is 1. The topological polar surface area (TPSA) is 108 Å². The number of aromatic nitrogens is 4. The van der Waals surface area contributed by atoms with Crippen LogP contribution in [-0.4, -0.2) is 80.5 Å². The summed E-state index contributed by atoms with van der Waals surface area (Å²) < 4.78 is 6.22. The quantitative estimate of drug-likeness (QED) is 0.341. The third-order valence-corrected chi connectivity index (χ3v) is 9.91. The number of hydrogen-bond acceptors (Lipinski definition) is 11. The standard InChI is InChI=1S/C28H36N8O2S2/c37-26(31-28-34-33-27(40-28)30-21-10-16-36(18-21)25-9-4-13-29-32-25)19-39-23-11-14-35(15-12-23)17-20-5-1-2-8-24(20)38-22-6-3-7-22/h1-2,4-5,8-9,13,21-23H,3,6-7,10-12,14-19H2,(H,30,33)(H,31,34,37)/t21-/m1/s1. The zero-order valence-corrected chi connectivity index (χ0v) is 24.2. The van der Waals surface area contributed by atoms with Crippen LogP contribution in [-0.2, 0) is 11.3 Å². The Balaban J connectivity index is 0.893. The number of ether oxygens (including phenoxy) is 1. The van der Waals surface area contributed by atoms with Gasteiger partial charge in [-0.1, -0.05) is 29.5 Å². The van der Waals surface area contributed by atoms with Crippen LogP contribution in [0.15, 0.2) is 42.6 Å². The molecule has 3 aromatic rings. The van der Waals surface area contributed by atoms with Crippen LogP contribution in [0.2, 0.25) is 0 Å². The summed E-state index contributed by atoms with van der Waals surface area (Å²) in [6.07, 6.45) is 8.86. The molecule has 0 unspecified atom stereocenters. The summed E-state index contributed by atoms with van der Waals surface area (Å²) in [4.78, 5) is 17.3. The zero-order chi connectivity index (χ0) is 27.1. The summed E-state index contributed by atoms with van der Waals surface area (Å²) >= 11 is 3.13. The van der Waals surface area contributed by atoms with Gasteiger partial charge in [0.15, 0.2) is 5.82 Å². The molecule has 2 saturated heterocycles. The monoisotopic (exact) mass is 580 g/mol. The summed E-state index contributed by atoms with van der Waals surface area (Å²) in [5.41, 5.74) is 1.28. The first-order valence-corrected chi connectivity index (χ1v) is 16.1. The maximum absolute atomic E-state index is 12.6. The molecule has 6 rings (SSSR count). The molecular weight excluding hydrogens is 544 g/mol. The molecule has 3 aliphatic rings. The lowest BCUT2D eigenvalue weighted by molar-refractivity contribution is -0.113. The highest BCUT2D eigenvalue weighted by molar-refractivity contribution is 8.00. The molecule has 2 aromatic heterocycles. The Kier molecular flexibility index (Phi) is 8.94. The van der Waals surface area contributed by atoms with Crippen molar-refractivity contribution >= 4 is 45.1 Å². The van der Waals surface area contributed by atoms with E-state index in [1.807, 2.05) is 12.1 Å². The highest BCUT2D eigenvalue weighted by Gasteiger charge is 2.26. The molecule has 0 spiro atoms. The number of piperidine rings is 1. The number of para-hydroxylation sites is 1. The maximum atomic E-state index is 12.6. The van der Waals surface area contributed by atoms with E-state index in [9.17, 15) is 4.79 Å². The van der Waals surface area contributed by atoms with Crippen molar-refractivity contribution in [2.75, 3.05) is 47.5 Å². The molecule has 3 fully saturated rings. The van der Waals surface area contributed by atoms with E-state index in [1.54, 1.807) is 18.0 Å². The maximum Gasteiger partial charge on any atom is 0.236 e. The average Bonchev–Trinajstić information content (AvgIpc) is 3.61. The molecule has 4 heterocycles. The third kappa shape index (κ3) is 7.21. The second-order valence-electron chi connectivity index (χ2n) is 10.7. The number of nitrogens with one attached hydrogen (secondary N) is 2. The Labute approximate surface area is 243 Å². The number of carbonyl (C=O) groups is 1. The molecule has 1 amide bonds. The molecule has 10 nitrogen and oxygen atoms in total. The van der Waals surface area contributed by atoms with Gasteiger partial charge in [0, 0.05) is 42.7 Å². The van der Waals surface area contributed by atoms with E-state index in [4.69, 9.17) is 4.74 Å². The van der Waals surface area contributed by atoms with Crippen molar-refractivity contribution in [3.63, 3.8) is 0 Å². The van der Waals surface area contributed by atoms with Gasteiger partial charge in [-0.2, -0.15) is 5.10 Å². The number of thioether (sulfide) groups is 1. The first-order chi connectivity index (χ1) is 19.7. The minimum atomic E-state index is -0.0214. The Bertz CT molecular complexity index is 1250. The van der Waals surface area contributed by atoms with Crippen molar-refractivity contribution in [2.45, 2.75) is 62.5 Å². The molecule has 2 aliphatic heterocycles. The minimum absolute atomic E-state index is 0.0214. The highest BCUT2D eigenvalue weighted by atomic mass is 32.2. The van der Waals surface area contributed by atoms with Crippen LogP contribution in [0, 0.1) is 0 Å². The molecule has 0 radical (unpaired) electrons. The van der Waals surface area contributed by atoms with E-state index in [-0.39, 0.29) is 11.9 Å². The van der Waals surface area contributed by atoms with Crippen LogP contribution in [0.25, 0.3) is 0 Å². The third-order valence-electron chi connectivity index (χ3n) is 7.77. The van der Waals surface area contributed by atoms with E-state index in [0.717, 1.165) is 68.7 Å². The van der Waals surface area contributed by atoms with E-state index in [1.165, 1.54) is 36.2 Å². The fourth-order valence-corrected chi connectivity index (χ4v) is 7.04. The van der Waals surface area contributed by atoms with Gasteiger partial charge in [0.05, 0.1) is 11.9 Å². The van der Waals surface area contributed by atoms with Crippen molar-refractivity contribution in [3.05, 3.63) is 48.2 Å². The summed E-state index contributed by atoms with van der Waals surface area (Å²) in [6, 6.07) is 12.6. The first-order valence-electron chi connectivity index (χ1n) is 14.2. The van der Waals surface area contributed by atoms with Gasteiger partial charge >= 0.3 is 0 Å². The molecule has 0 bridgehead atoms. The molecular formula is C28H36N8O2S2. The fraction of sp³-hybridized carbons (Fsp3) is 0.536. The van der Waals surface area contributed by atoms with Crippen LogP contribution >= 0.6 is 23.1 Å². The number of carbonyl (C=O) groups excluding carboxylic acids is 1. The fourth-order valence-electron chi connectivity index (χ4n) is 5.30. The second kappa shape index (κ2) is 13.1. The zero-order valence-electron chi connectivity index (χ0n) is 22.6. The summed E-state index contributed by atoms with van der Waals surface area (Å²) in [5, 5.41) is 24.7. The van der Waals surface area contributed by atoms with Gasteiger partial charge < -0.3 is 15.0 Å². The normalized spacial score (nSPS) is 20.3.